The SMILES string of the molecule is COc1ccc([C@H](NC[C@H]([C@@H]2CCOC2)N2CCOCC2)c2ccccc2)cc1. The number of methoxy groups -OCH3 is 1. The Morgan fingerprint density at radius 3 is 2.34 bits per heavy atom. The van der Waals surface area contributed by atoms with Crippen LogP contribution in [0.5, 0.6) is 5.75 Å². The molecule has 2 aromatic carbocycles. The summed E-state index contributed by atoms with van der Waals surface area (Å²) in [4.78, 5) is 2.59. The summed E-state index contributed by atoms with van der Waals surface area (Å²) in [6, 6.07) is 19.7. The van der Waals surface area contributed by atoms with E-state index in [9.17, 15) is 0 Å². The first kappa shape index (κ1) is 20.4. The van der Waals surface area contributed by atoms with E-state index in [1.165, 1.54) is 11.1 Å². The summed E-state index contributed by atoms with van der Waals surface area (Å²) in [7, 11) is 1.71. The molecule has 3 atom stereocenters. The predicted octanol–water partition coefficient (Wildman–Crippen LogP) is 3.11. The molecule has 0 aliphatic carbocycles. The van der Waals surface area contributed by atoms with Crippen LogP contribution in [0.2, 0.25) is 0 Å². The minimum absolute atomic E-state index is 0.146. The summed E-state index contributed by atoms with van der Waals surface area (Å²) in [6.07, 6.45) is 1.14. The number of morpholine rings is 1. The molecule has 2 aliphatic heterocycles. The average Bonchev–Trinajstić information content (AvgIpc) is 3.33. The molecule has 0 aromatic heterocycles. The van der Waals surface area contributed by atoms with Crippen molar-refractivity contribution in [2.24, 2.45) is 5.92 Å². The first-order chi connectivity index (χ1) is 14.3. The molecule has 0 saturated carbocycles. The maximum absolute atomic E-state index is 5.73. The second-order valence-electron chi connectivity index (χ2n) is 7.86. The van der Waals surface area contributed by atoms with Gasteiger partial charge in [-0.1, -0.05) is 42.5 Å². The van der Waals surface area contributed by atoms with Crippen molar-refractivity contribution in [3.8, 4) is 5.75 Å². The molecule has 5 nitrogen and oxygen atoms in total. The lowest BCUT2D eigenvalue weighted by atomic mass is 9.94. The molecule has 0 amide bonds. The Morgan fingerprint density at radius 2 is 1.69 bits per heavy atom. The van der Waals surface area contributed by atoms with Gasteiger partial charge in [-0.05, 0) is 29.7 Å². The van der Waals surface area contributed by atoms with Gasteiger partial charge < -0.3 is 19.5 Å². The molecule has 1 N–H and O–H groups in total. The lowest BCUT2D eigenvalue weighted by Gasteiger charge is -2.38. The Bertz CT molecular complexity index is 726. The van der Waals surface area contributed by atoms with Crippen molar-refractivity contribution < 1.29 is 14.2 Å². The van der Waals surface area contributed by atoms with Gasteiger partial charge in [-0.15, -0.1) is 0 Å². The van der Waals surface area contributed by atoms with Crippen LogP contribution in [0.3, 0.4) is 0 Å². The highest BCUT2D eigenvalue weighted by atomic mass is 16.5. The molecule has 29 heavy (non-hydrogen) atoms. The normalized spacial score (nSPS) is 22.3. The van der Waals surface area contributed by atoms with Crippen molar-refractivity contribution in [3.63, 3.8) is 0 Å². The van der Waals surface area contributed by atoms with Crippen LogP contribution >= 0.6 is 0 Å². The first-order valence-electron chi connectivity index (χ1n) is 10.7. The van der Waals surface area contributed by atoms with Crippen LogP contribution in [0.4, 0.5) is 0 Å². The van der Waals surface area contributed by atoms with E-state index in [1.54, 1.807) is 7.11 Å². The van der Waals surface area contributed by atoms with Crippen LogP contribution in [0.1, 0.15) is 23.6 Å². The quantitative estimate of drug-likeness (QED) is 0.743. The van der Waals surface area contributed by atoms with Crippen LogP contribution in [0.25, 0.3) is 0 Å². The number of nitrogens with one attached hydrogen (secondary N) is 1. The largest absolute Gasteiger partial charge is 0.497 e. The highest BCUT2D eigenvalue weighted by molar-refractivity contribution is 5.35. The third kappa shape index (κ3) is 5.17. The molecule has 0 spiro atoms. The fourth-order valence-corrected chi connectivity index (χ4v) is 4.47. The van der Waals surface area contributed by atoms with Gasteiger partial charge in [0, 0.05) is 38.2 Å². The minimum atomic E-state index is 0.146. The van der Waals surface area contributed by atoms with E-state index in [2.05, 4.69) is 52.7 Å². The Morgan fingerprint density at radius 1 is 0.966 bits per heavy atom. The molecule has 2 heterocycles. The van der Waals surface area contributed by atoms with Crippen LogP contribution in [-0.2, 0) is 9.47 Å². The first-order valence-corrected chi connectivity index (χ1v) is 10.7. The number of rotatable bonds is 8. The van der Waals surface area contributed by atoms with Crippen molar-refractivity contribution in [2.75, 3.05) is 53.2 Å². The van der Waals surface area contributed by atoms with E-state index < -0.39 is 0 Å². The van der Waals surface area contributed by atoms with Crippen molar-refractivity contribution in [2.45, 2.75) is 18.5 Å². The zero-order valence-corrected chi connectivity index (χ0v) is 17.3. The van der Waals surface area contributed by atoms with E-state index >= 15 is 0 Å². The summed E-state index contributed by atoms with van der Waals surface area (Å²) in [5.41, 5.74) is 2.53. The molecule has 2 saturated heterocycles. The molecular weight excluding hydrogens is 364 g/mol. The number of hydrogen-bond acceptors (Lipinski definition) is 5. The standard InChI is InChI=1S/C24H32N2O3/c1-27-22-9-7-20(8-10-22)24(19-5-3-2-4-6-19)25-17-23(21-11-14-29-18-21)26-12-15-28-16-13-26/h2-10,21,23-25H,11-18H2,1H3/t21-,23-,24-/m1/s1. The third-order valence-corrected chi connectivity index (χ3v) is 6.14. The molecule has 5 heteroatoms. The summed E-state index contributed by atoms with van der Waals surface area (Å²) >= 11 is 0. The summed E-state index contributed by atoms with van der Waals surface area (Å²) in [5.74, 6) is 1.46. The van der Waals surface area contributed by atoms with Gasteiger partial charge in [0.2, 0.25) is 0 Å². The molecule has 4 rings (SSSR count). The summed E-state index contributed by atoms with van der Waals surface area (Å²) in [5, 5.41) is 3.89. The number of ether oxygens (including phenoxy) is 3. The van der Waals surface area contributed by atoms with Crippen molar-refractivity contribution in [1.82, 2.24) is 10.2 Å². The van der Waals surface area contributed by atoms with Gasteiger partial charge in [0.15, 0.2) is 0 Å². The second kappa shape index (κ2) is 10.2. The Kier molecular flexibility index (Phi) is 7.17. The highest BCUT2D eigenvalue weighted by Crippen LogP contribution is 2.26. The maximum atomic E-state index is 5.73. The molecule has 0 bridgehead atoms. The Labute approximate surface area is 174 Å². The lowest BCUT2D eigenvalue weighted by molar-refractivity contribution is 0.00104. The molecule has 0 radical (unpaired) electrons. The van der Waals surface area contributed by atoms with Gasteiger partial charge in [-0.3, -0.25) is 4.90 Å². The van der Waals surface area contributed by atoms with Gasteiger partial charge >= 0.3 is 0 Å². The van der Waals surface area contributed by atoms with Crippen molar-refractivity contribution >= 4 is 0 Å². The Balaban J connectivity index is 1.53. The van der Waals surface area contributed by atoms with Gasteiger partial charge in [0.1, 0.15) is 5.75 Å². The predicted molar refractivity (Wildman–Crippen MR) is 114 cm³/mol. The van der Waals surface area contributed by atoms with E-state index in [1.807, 2.05) is 12.1 Å². The smallest absolute Gasteiger partial charge is 0.118 e. The van der Waals surface area contributed by atoms with Crippen LogP contribution < -0.4 is 10.1 Å². The summed E-state index contributed by atoms with van der Waals surface area (Å²) in [6.45, 7) is 6.33. The molecule has 2 fully saturated rings. The van der Waals surface area contributed by atoms with Crippen molar-refractivity contribution in [3.05, 3.63) is 65.7 Å². The lowest BCUT2D eigenvalue weighted by Crippen LogP contribution is -2.52. The van der Waals surface area contributed by atoms with Gasteiger partial charge in [-0.25, -0.2) is 0 Å². The number of benzene rings is 2. The fourth-order valence-electron chi connectivity index (χ4n) is 4.47. The molecule has 156 valence electrons. The Hall–Kier alpha value is -1.92. The van der Waals surface area contributed by atoms with E-state index in [4.69, 9.17) is 14.2 Å². The number of nitrogens with zero attached hydrogens (tertiary/aromatic N) is 1. The second-order valence-corrected chi connectivity index (χ2v) is 7.86. The van der Waals surface area contributed by atoms with E-state index in [0.29, 0.717) is 12.0 Å². The van der Waals surface area contributed by atoms with Gasteiger partial charge in [0.05, 0.1) is 33.0 Å². The van der Waals surface area contributed by atoms with Crippen molar-refractivity contribution in [1.29, 1.82) is 0 Å². The zero-order valence-electron chi connectivity index (χ0n) is 17.3. The van der Waals surface area contributed by atoms with Crippen LogP contribution in [0, 0.1) is 5.92 Å². The topological polar surface area (TPSA) is 43.0 Å². The van der Waals surface area contributed by atoms with Gasteiger partial charge in [-0.2, -0.15) is 0 Å². The molecular formula is C24H32N2O3. The monoisotopic (exact) mass is 396 g/mol. The molecule has 2 aliphatic rings. The van der Waals surface area contributed by atoms with E-state index in [-0.39, 0.29) is 6.04 Å². The van der Waals surface area contributed by atoms with Gasteiger partial charge in [0.25, 0.3) is 0 Å². The highest BCUT2D eigenvalue weighted by Gasteiger charge is 2.32. The number of hydrogen-bond donors (Lipinski definition) is 1. The summed E-state index contributed by atoms with van der Waals surface area (Å²) < 4.78 is 16.7. The van der Waals surface area contributed by atoms with Crippen LogP contribution in [-0.4, -0.2) is 64.1 Å². The zero-order chi connectivity index (χ0) is 19.9. The maximum Gasteiger partial charge on any atom is 0.118 e. The fraction of sp³-hybridized carbons (Fsp3) is 0.500. The van der Waals surface area contributed by atoms with Crippen LogP contribution in [0.15, 0.2) is 54.6 Å². The average molecular weight is 397 g/mol. The molecule has 0 unspecified atom stereocenters. The third-order valence-electron chi connectivity index (χ3n) is 6.14. The minimum Gasteiger partial charge on any atom is -0.497 e. The molecule has 2 aromatic rings. The van der Waals surface area contributed by atoms with E-state index in [0.717, 1.165) is 58.2 Å².